The molecular formula is C35H48N4O4Si. The smallest absolute Gasteiger partial charge is 0.410 e. The van der Waals surface area contributed by atoms with Crippen LogP contribution in [0.3, 0.4) is 0 Å². The van der Waals surface area contributed by atoms with E-state index >= 15 is 0 Å². The summed E-state index contributed by atoms with van der Waals surface area (Å²) in [7, 11) is 1.08. The molecule has 0 aliphatic carbocycles. The van der Waals surface area contributed by atoms with Crippen LogP contribution in [0.25, 0.3) is 22.3 Å². The van der Waals surface area contributed by atoms with Crippen LogP contribution in [0.4, 0.5) is 10.5 Å². The molecule has 2 atom stereocenters. The summed E-state index contributed by atoms with van der Waals surface area (Å²) >= 11 is 0. The van der Waals surface area contributed by atoms with Gasteiger partial charge in [-0.2, -0.15) is 5.10 Å². The van der Waals surface area contributed by atoms with Crippen LogP contribution in [0.5, 0.6) is 5.75 Å². The Morgan fingerprint density at radius 2 is 1.77 bits per heavy atom. The van der Waals surface area contributed by atoms with Gasteiger partial charge in [0.05, 0.1) is 6.20 Å². The van der Waals surface area contributed by atoms with Crippen LogP contribution in [-0.2, 0) is 22.8 Å². The summed E-state index contributed by atoms with van der Waals surface area (Å²) in [6, 6.07) is 15.2. The third kappa shape index (κ3) is 6.69. The molecule has 6 rings (SSSR count). The number of hydrogen-bond donors (Lipinski definition) is 0. The summed E-state index contributed by atoms with van der Waals surface area (Å²) in [5.74, 6) is 0.923. The summed E-state index contributed by atoms with van der Waals surface area (Å²) in [4.78, 5) is 17.3. The number of rotatable bonds is 8. The topological polar surface area (TPSA) is 69.1 Å². The first-order chi connectivity index (χ1) is 20.8. The van der Waals surface area contributed by atoms with E-state index in [2.05, 4.69) is 79.3 Å². The largest absolute Gasteiger partial charge is 0.488 e. The molecule has 0 N–H and O–H groups in total. The maximum absolute atomic E-state index is 12.9. The quantitative estimate of drug-likeness (QED) is 0.190. The molecule has 0 radical (unpaired) electrons. The molecule has 3 aliphatic heterocycles. The minimum absolute atomic E-state index is 0.161. The fourth-order valence-corrected chi connectivity index (χ4v) is 7.55. The molecule has 0 spiro atoms. The number of aromatic nitrogens is 2. The van der Waals surface area contributed by atoms with E-state index in [1.165, 1.54) is 11.1 Å². The van der Waals surface area contributed by atoms with E-state index in [-0.39, 0.29) is 18.2 Å². The molecule has 2 unspecified atom stereocenters. The van der Waals surface area contributed by atoms with Crippen LogP contribution < -0.4 is 9.64 Å². The molecule has 2 aromatic carbocycles. The van der Waals surface area contributed by atoms with Gasteiger partial charge in [0.15, 0.2) is 0 Å². The van der Waals surface area contributed by atoms with Crippen molar-refractivity contribution >= 4 is 19.9 Å². The van der Waals surface area contributed by atoms with E-state index in [9.17, 15) is 4.79 Å². The van der Waals surface area contributed by atoms with Crippen molar-refractivity contribution in [3.8, 4) is 28.0 Å². The zero-order chi connectivity index (χ0) is 31.2. The molecule has 3 aliphatic rings. The van der Waals surface area contributed by atoms with Crippen molar-refractivity contribution in [3.05, 3.63) is 54.4 Å². The average molecular weight is 617 g/mol. The highest BCUT2D eigenvalue weighted by atomic mass is 28.3. The summed E-state index contributed by atoms with van der Waals surface area (Å²) in [5, 5.41) is 4.52. The predicted octanol–water partition coefficient (Wildman–Crippen LogP) is 7.79. The van der Waals surface area contributed by atoms with Gasteiger partial charge < -0.3 is 24.0 Å². The molecule has 3 aromatic rings. The number of ether oxygens (including phenoxy) is 3. The van der Waals surface area contributed by atoms with E-state index in [0.29, 0.717) is 19.4 Å². The van der Waals surface area contributed by atoms with Crippen molar-refractivity contribution < 1.29 is 19.0 Å². The molecule has 44 heavy (non-hydrogen) atoms. The van der Waals surface area contributed by atoms with Gasteiger partial charge in [0.2, 0.25) is 0 Å². The molecule has 2 bridgehead atoms. The summed E-state index contributed by atoms with van der Waals surface area (Å²) < 4.78 is 19.8. The van der Waals surface area contributed by atoms with Gasteiger partial charge in [-0.15, -0.1) is 0 Å². The van der Waals surface area contributed by atoms with Gasteiger partial charge in [-0.05, 0) is 87.4 Å². The lowest BCUT2D eigenvalue weighted by Gasteiger charge is -2.43. The second-order valence-corrected chi connectivity index (χ2v) is 20.6. The van der Waals surface area contributed by atoms with Crippen molar-refractivity contribution in [2.24, 2.45) is 0 Å². The minimum atomic E-state index is -1.10. The maximum atomic E-state index is 12.9. The number of piperidine rings is 1. The number of carbonyl (C=O) groups is 1. The molecule has 1 amide bonds. The minimum Gasteiger partial charge on any atom is -0.488 e. The van der Waals surface area contributed by atoms with Crippen LogP contribution in [0.2, 0.25) is 25.7 Å². The van der Waals surface area contributed by atoms with Crippen LogP contribution in [0.15, 0.2) is 48.8 Å². The second-order valence-electron chi connectivity index (χ2n) is 15.0. The van der Waals surface area contributed by atoms with Crippen LogP contribution >= 0.6 is 0 Å². The van der Waals surface area contributed by atoms with Crippen molar-refractivity contribution in [2.75, 3.05) is 18.6 Å². The van der Waals surface area contributed by atoms with Crippen molar-refractivity contribution in [1.82, 2.24) is 14.7 Å². The fourth-order valence-electron chi connectivity index (χ4n) is 6.79. The molecule has 8 nitrogen and oxygen atoms in total. The van der Waals surface area contributed by atoms with Crippen LogP contribution in [0.1, 0.15) is 52.0 Å². The molecule has 0 saturated carbocycles. The van der Waals surface area contributed by atoms with E-state index < -0.39 is 13.7 Å². The Labute approximate surface area is 263 Å². The molecule has 2 fully saturated rings. The highest BCUT2D eigenvalue weighted by Gasteiger charge is 2.45. The van der Waals surface area contributed by atoms with Gasteiger partial charge in [-0.25, -0.2) is 9.48 Å². The molecule has 9 heteroatoms. The molecule has 236 valence electrons. The highest BCUT2D eigenvalue weighted by Crippen LogP contribution is 2.43. The second kappa shape index (κ2) is 11.9. The average Bonchev–Trinajstić information content (AvgIpc) is 3.54. The molecule has 4 heterocycles. The van der Waals surface area contributed by atoms with Gasteiger partial charge in [0.1, 0.15) is 24.7 Å². The number of amides is 1. The Bertz CT molecular complexity index is 1490. The van der Waals surface area contributed by atoms with E-state index in [4.69, 9.17) is 14.2 Å². The SMILES string of the molecule is CN(c1ccc2c(c1)OCc1cc(-c3cnn(COCC[Si](C)(C)C)c3)ccc1-2)C1CC2CCC(C1)N2C(=O)OC(C)(C)C. The Balaban J connectivity index is 1.11. The third-order valence-electron chi connectivity index (χ3n) is 9.20. The lowest BCUT2D eigenvalue weighted by atomic mass is 9.93. The maximum Gasteiger partial charge on any atom is 0.410 e. The van der Waals surface area contributed by atoms with E-state index in [0.717, 1.165) is 66.5 Å². The first kappa shape index (κ1) is 30.7. The van der Waals surface area contributed by atoms with E-state index in [1.54, 1.807) is 0 Å². The number of hydrogen-bond acceptors (Lipinski definition) is 6. The Hall–Kier alpha value is -3.30. The normalized spacial score (nSPS) is 21.0. The number of fused-ring (bicyclic) bond motifs is 5. The van der Waals surface area contributed by atoms with Crippen LogP contribution in [-0.4, -0.2) is 66.2 Å². The van der Waals surface area contributed by atoms with Gasteiger partial charge >= 0.3 is 6.09 Å². The van der Waals surface area contributed by atoms with Gasteiger partial charge in [0, 0.05) is 68.9 Å². The Kier molecular flexibility index (Phi) is 8.30. The lowest BCUT2D eigenvalue weighted by molar-refractivity contribution is 0.00599. The van der Waals surface area contributed by atoms with Crippen molar-refractivity contribution in [3.63, 3.8) is 0 Å². The summed E-state index contributed by atoms with van der Waals surface area (Å²) in [6.07, 6.45) is 7.81. The Morgan fingerprint density at radius 1 is 1.05 bits per heavy atom. The Morgan fingerprint density at radius 3 is 2.48 bits per heavy atom. The molecule has 2 saturated heterocycles. The highest BCUT2D eigenvalue weighted by molar-refractivity contribution is 6.76. The first-order valence-electron chi connectivity index (χ1n) is 16.1. The van der Waals surface area contributed by atoms with Gasteiger partial charge in [-0.3, -0.25) is 0 Å². The summed E-state index contributed by atoms with van der Waals surface area (Å²) in [5.41, 5.74) is 6.42. The van der Waals surface area contributed by atoms with Gasteiger partial charge in [0.25, 0.3) is 0 Å². The zero-order valence-corrected chi connectivity index (χ0v) is 28.4. The number of carbonyl (C=O) groups excluding carboxylic acids is 1. The molecule has 1 aromatic heterocycles. The summed E-state index contributed by atoms with van der Waals surface area (Å²) in [6.45, 7) is 14.7. The predicted molar refractivity (Wildman–Crippen MR) is 178 cm³/mol. The zero-order valence-electron chi connectivity index (χ0n) is 27.4. The lowest BCUT2D eigenvalue weighted by Crippen LogP contribution is -2.53. The first-order valence-corrected chi connectivity index (χ1v) is 19.8. The van der Waals surface area contributed by atoms with Gasteiger partial charge in [-0.1, -0.05) is 31.8 Å². The van der Waals surface area contributed by atoms with Crippen molar-refractivity contribution in [1.29, 1.82) is 0 Å². The van der Waals surface area contributed by atoms with Crippen molar-refractivity contribution in [2.45, 2.75) is 109 Å². The van der Waals surface area contributed by atoms with Crippen LogP contribution in [0, 0.1) is 0 Å². The fraction of sp³-hybridized carbons (Fsp3) is 0.543. The van der Waals surface area contributed by atoms with E-state index in [1.807, 2.05) is 36.5 Å². The standard InChI is InChI=1S/C35H48N4O4Si/c1-35(2,3)43-34(40)39-28-9-10-29(39)18-30(17-28)37(4)27-11-13-32-31-12-8-24(16-25(31)22-42-33(32)19-27)26-20-36-38(21-26)23-41-14-15-44(5,6)7/h8,11-13,16,19-21,28-30H,9-10,14-15,17-18,22-23H2,1-7H3. The number of benzene rings is 2. The monoisotopic (exact) mass is 616 g/mol. The molecular weight excluding hydrogens is 568 g/mol. The third-order valence-corrected chi connectivity index (χ3v) is 10.9. The number of nitrogens with zero attached hydrogens (tertiary/aromatic N) is 4. The number of anilines is 1.